The molecule has 0 aliphatic rings. The van der Waals surface area contributed by atoms with Crippen LogP contribution in [0.5, 0.6) is 0 Å². The van der Waals surface area contributed by atoms with Gasteiger partial charge in [-0.25, -0.2) is 0 Å². The zero-order valence-electron chi connectivity index (χ0n) is 5.65. The maximum absolute atomic E-state index is 5.95. The van der Waals surface area contributed by atoms with E-state index in [4.69, 9.17) is 11.2 Å². The zero-order valence-corrected chi connectivity index (χ0v) is 7.30. The van der Waals surface area contributed by atoms with E-state index in [0.29, 0.717) is 0 Å². The van der Waals surface area contributed by atoms with Gasteiger partial charge in [0.2, 0.25) is 0 Å². The molecule has 50 valence electrons. The fourth-order valence-corrected chi connectivity index (χ4v) is 2.81. The van der Waals surface area contributed by atoms with Crippen LogP contribution in [0.3, 0.4) is 0 Å². The van der Waals surface area contributed by atoms with Gasteiger partial charge in [-0.15, -0.1) is 0 Å². The Labute approximate surface area is 58.2 Å². The summed E-state index contributed by atoms with van der Waals surface area (Å²) in [6, 6.07) is 0. The molecule has 2 heteroatoms. The van der Waals surface area contributed by atoms with Crippen molar-refractivity contribution in [2.75, 3.05) is 12.3 Å². The second-order valence-corrected chi connectivity index (χ2v) is 5.16. The lowest BCUT2D eigenvalue weighted by Crippen LogP contribution is -1.79. The van der Waals surface area contributed by atoms with Gasteiger partial charge in [0.05, 0.1) is 0 Å². The number of hydrogen-bond donors (Lipinski definition) is 0. The Bertz CT molecular complexity index is 41.8. The Morgan fingerprint density at radius 3 is 1.75 bits per heavy atom. The van der Waals surface area contributed by atoms with E-state index in [0.717, 1.165) is 0 Å². The van der Waals surface area contributed by atoms with E-state index in [-0.39, 0.29) is 7.27 Å². The van der Waals surface area contributed by atoms with E-state index in [9.17, 15) is 0 Å². The number of rotatable bonds is 4. The van der Waals surface area contributed by atoms with Gasteiger partial charge in [-0.3, -0.25) is 0 Å². The summed E-state index contributed by atoms with van der Waals surface area (Å²) >= 11 is 5.95. The Morgan fingerprint density at radius 1 is 1.12 bits per heavy atom. The Kier molecular flexibility index (Phi) is 6.38. The van der Waals surface area contributed by atoms with Crippen LogP contribution < -0.4 is 0 Å². The van der Waals surface area contributed by atoms with Gasteiger partial charge in [0.25, 0.3) is 0 Å². The topological polar surface area (TPSA) is 0 Å². The molecular weight excluding hydrogens is 138 g/mol. The first-order valence-electron chi connectivity index (χ1n) is 3.22. The molecule has 0 bridgehead atoms. The smallest absolute Gasteiger partial charge is 0.00976 e. The molecule has 0 aromatic heterocycles. The number of hydrogen-bond acceptors (Lipinski definition) is 0. The molecule has 0 saturated heterocycles. The van der Waals surface area contributed by atoms with Crippen molar-refractivity contribution in [1.29, 1.82) is 0 Å². The predicted molar refractivity (Wildman–Crippen MR) is 43.1 cm³/mol. The fraction of sp³-hybridized carbons (Fsp3) is 1.00. The van der Waals surface area contributed by atoms with Gasteiger partial charge in [-0.05, 0) is 19.6 Å². The third kappa shape index (κ3) is 4.87. The summed E-state index contributed by atoms with van der Waals surface area (Å²) in [6.07, 6.45) is 4.97. The Morgan fingerprint density at radius 2 is 1.50 bits per heavy atom. The van der Waals surface area contributed by atoms with Crippen molar-refractivity contribution < 1.29 is 0 Å². The van der Waals surface area contributed by atoms with Gasteiger partial charge in [-0.2, -0.15) is 0 Å². The van der Waals surface area contributed by atoms with Crippen molar-refractivity contribution in [2.24, 2.45) is 0 Å². The molecule has 0 heterocycles. The minimum absolute atomic E-state index is 0.109. The lowest BCUT2D eigenvalue weighted by atomic mass is 10.6. The molecule has 0 amide bonds. The summed E-state index contributed by atoms with van der Waals surface area (Å²) in [5.74, 6) is 0. The molecule has 0 aromatic carbocycles. The summed E-state index contributed by atoms with van der Waals surface area (Å²) in [5.41, 5.74) is 0. The maximum atomic E-state index is 5.95. The minimum Gasteiger partial charge on any atom is -0.0964 e. The molecule has 0 unspecified atom stereocenters. The van der Waals surface area contributed by atoms with Crippen LogP contribution in [0.15, 0.2) is 0 Å². The van der Waals surface area contributed by atoms with Gasteiger partial charge in [0.15, 0.2) is 0 Å². The quantitative estimate of drug-likeness (QED) is 0.542. The average Bonchev–Trinajstić information content (AvgIpc) is 1.68. The molecule has 0 rings (SSSR count). The van der Waals surface area contributed by atoms with Crippen LogP contribution in [-0.2, 0) is 0 Å². The van der Waals surface area contributed by atoms with E-state index < -0.39 is 0 Å². The van der Waals surface area contributed by atoms with Crippen LogP contribution in [0.25, 0.3) is 0 Å². The first kappa shape index (κ1) is 8.72. The average molecular weight is 153 g/mol. The predicted octanol–water partition coefficient (Wildman–Crippen LogP) is 3.44. The van der Waals surface area contributed by atoms with Crippen LogP contribution in [0.1, 0.15) is 26.7 Å². The highest BCUT2D eigenvalue weighted by molar-refractivity contribution is 7.83. The van der Waals surface area contributed by atoms with E-state index in [2.05, 4.69) is 13.8 Å². The molecule has 0 aliphatic carbocycles. The van der Waals surface area contributed by atoms with Crippen molar-refractivity contribution in [1.82, 2.24) is 0 Å². The van der Waals surface area contributed by atoms with Crippen molar-refractivity contribution in [3.05, 3.63) is 0 Å². The van der Waals surface area contributed by atoms with Crippen LogP contribution in [0, 0.1) is 0 Å². The van der Waals surface area contributed by atoms with Gasteiger partial charge in [0.1, 0.15) is 0 Å². The van der Waals surface area contributed by atoms with Crippen molar-refractivity contribution >= 4 is 18.5 Å². The molecule has 0 atom stereocenters. The van der Waals surface area contributed by atoms with Gasteiger partial charge >= 0.3 is 0 Å². The summed E-state index contributed by atoms with van der Waals surface area (Å²) in [6.45, 7) is 4.38. The van der Waals surface area contributed by atoms with E-state index in [1.165, 1.54) is 25.2 Å². The molecular formula is C6H14ClP. The van der Waals surface area contributed by atoms with Crippen LogP contribution in [-0.4, -0.2) is 12.3 Å². The third-order valence-corrected chi connectivity index (χ3v) is 3.81. The first-order valence-corrected chi connectivity index (χ1v) is 5.83. The van der Waals surface area contributed by atoms with Gasteiger partial charge < -0.3 is 0 Å². The van der Waals surface area contributed by atoms with E-state index in [1.807, 2.05) is 0 Å². The largest absolute Gasteiger partial charge is 0.0964 e. The van der Waals surface area contributed by atoms with Crippen molar-refractivity contribution in [3.63, 3.8) is 0 Å². The summed E-state index contributed by atoms with van der Waals surface area (Å²) in [5, 5.41) is 0. The number of halogens is 1. The Hall–Kier alpha value is 0.720. The first-order chi connectivity index (χ1) is 3.81. The molecule has 0 saturated carbocycles. The normalized spacial score (nSPS) is 10.5. The van der Waals surface area contributed by atoms with Crippen LogP contribution in [0.2, 0.25) is 0 Å². The molecule has 0 N–H and O–H groups in total. The minimum atomic E-state index is -0.109. The Balaban J connectivity index is 2.92. The molecule has 0 radical (unpaired) electrons. The highest BCUT2D eigenvalue weighted by Gasteiger charge is 1.97. The molecule has 0 aliphatic heterocycles. The highest BCUT2D eigenvalue weighted by Crippen LogP contribution is 2.41. The monoisotopic (exact) mass is 152 g/mol. The van der Waals surface area contributed by atoms with Gasteiger partial charge in [-0.1, -0.05) is 37.9 Å². The second-order valence-electron chi connectivity index (χ2n) is 1.91. The maximum Gasteiger partial charge on any atom is -0.00976 e. The molecule has 0 nitrogen and oxygen atoms in total. The highest BCUT2D eigenvalue weighted by atomic mass is 35.7. The zero-order chi connectivity index (χ0) is 6.41. The molecule has 0 spiro atoms. The third-order valence-electron chi connectivity index (χ3n) is 0.932. The SMILES string of the molecule is CCCP(Cl)CCC. The van der Waals surface area contributed by atoms with E-state index >= 15 is 0 Å². The standard InChI is InChI=1S/C6H14ClP/c1-3-5-8(7)6-4-2/h3-6H2,1-2H3. The fourth-order valence-electron chi connectivity index (χ4n) is 0.597. The summed E-state index contributed by atoms with van der Waals surface area (Å²) < 4.78 is 0. The van der Waals surface area contributed by atoms with Gasteiger partial charge in [0, 0.05) is 0 Å². The van der Waals surface area contributed by atoms with Crippen LogP contribution >= 0.6 is 18.5 Å². The lowest BCUT2D eigenvalue weighted by molar-refractivity contribution is 1.06. The molecule has 0 fully saturated rings. The lowest BCUT2D eigenvalue weighted by Gasteiger charge is -2.03. The van der Waals surface area contributed by atoms with Crippen LogP contribution in [0.4, 0.5) is 0 Å². The van der Waals surface area contributed by atoms with Crippen molar-refractivity contribution in [2.45, 2.75) is 26.7 Å². The van der Waals surface area contributed by atoms with Crippen molar-refractivity contribution in [3.8, 4) is 0 Å². The summed E-state index contributed by atoms with van der Waals surface area (Å²) in [7, 11) is -0.109. The van der Waals surface area contributed by atoms with E-state index in [1.54, 1.807) is 0 Å². The molecule has 0 aromatic rings. The summed E-state index contributed by atoms with van der Waals surface area (Å²) in [4.78, 5) is 0. The molecule has 8 heavy (non-hydrogen) atoms. The second kappa shape index (κ2) is 5.85.